The SMILES string of the molecule is COCCOc1cccc(-c2ccc(CCC(=O)O)cc2C)c1. The second-order valence-electron chi connectivity index (χ2n) is 5.41. The zero-order chi connectivity index (χ0) is 16.7. The Kier molecular flexibility index (Phi) is 6.18. The van der Waals surface area contributed by atoms with E-state index in [0.29, 0.717) is 19.6 Å². The molecule has 0 fully saturated rings. The first kappa shape index (κ1) is 17.0. The summed E-state index contributed by atoms with van der Waals surface area (Å²) in [7, 11) is 1.65. The Morgan fingerprint density at radius 1 is 1.13 bits per heavy atom. The van der Waals surface area contributed by atoms with Crippen molar-refractivity contribution in [3.05, 3.63) is 53.6 Å². The summed E-state index contributed by atoms with van der Waals surface area (Å²) < 4.78 is 10.6. The van der Waals surface area contributed by atoms with E-state index in [9.17, 15) is 4.79 Å². The highest BCUT2D eigenvalue weighted by atomic mass is 16.5. The van der Waals surface area contributed by atoms with Crippen LogP contribution in [0.1, 0.15) is 17.5 Å². The molecule has 0 heterocycles. The van der Waals surface area contributed by atoms with E-state index in [0.717, 1.165) is 28.0 Å². The summed E-state index contributed by atoms with van der Waals surface area (Å²) in [6, 6.07) is 14.0. The molecule has 0 radical (unpaired) electrons. The van der Waals surface area contributed by atoms with E-state index in [1.807, 2.05) is 43.3 Å². The molecule has 4 nitrogen and oxygen atoms in total. The minimum Gasteiger partial charge on any atom is -0.491 e. The van der Waals surface area contributed by atoms with Crippen LogP contribution in [0.2, 0.25) is 0 Å². The molecule has 4 heteroatoms. The van der Waals surface area contributed by atoms with Crippen LogP contribution < -0.4 is 4.74 Å². The first-order chi connectivity index (χ1) is 11.1. The van der Waals surface area contributed by atoms with Gasteiger partial charge in [-0.3, -0.25) is 4.79 Å². The third kappa shape index (κ3) is 5.11. The molecule has 0 aliphatic carbocycles. The van der Waals surface area contributed by atoms with Gasteiger partial charge in [-0.15, -0.1) is 0 Å². The van der Waals surface area contributed by atoms with Crippen molar-refractivity contribution in [2.45, 2.75) is 19.8 Å². The van der Waals surface area contributed by atoms with E-state index in [1.54, 1.807) is 7.11 Å². The molecule has 0 atom stereocenters. The third-order valence-corrected chi connectivity index (χ3v) is 3.62. The Bertz CT molecular complexity index is 664. The van der Waals surface area contributed by atoms with Crippen molar-refractivity contribution in [3.8, 4) is 16.9 Å². The molecule has 0 bridgehead atoms. The van der Waals surface area contributed by atoms with Crippen LogP contribution in [0, 0.1) is 6.92 Å². The molecule has 0 saturated carbocycles. The molecule has 0 saturated heterocycles. The van der Waals surface area contributed by atoms with Gasteiger partial charge in [0.1, 0.15) is 12.4 Å². The monoisotopic (exact) mass is 314 g/mol. The summed E-state index contributed by atoms with van der Waals surface area (Å²) in [6.07, 6.45) is 0.707. The van der Waals surface area contributed by atoms with E-state index < -0.39 is 5.97 Å². The molecule has 2 aromatic rings. The van der Waals surface area contributed by atoms with E-state index in [1.165, 1.54) is 0 Å². The van der Waals surface area contributed by atoms with Crippen molar-refractivity contribution in [1.82, 2.24) is 0 Å². The van der Waals surface area contributed by atoms with Crippen LogP contribution in [0.4, 0.5) is 0 Å². The number of aliphatic carboxylic acids is 1. The van der Waals surface area contributed by atoms with Gasteiger partial charge in [0.25, 0.3) is 0 Å². The summed E-state index contributed by atoms with van der Waals surface area (Å²) in [6.45, 7) is 3.12. The maximum absolute atomic E-state index is 10.7. The quantitative estimate of drug-likeness (QED) is 0.755. The molecule has 0 spiro atoms. The van der Waals surface area contributed by atoms with Gasteiger partial charge in [-0.05, 0) is 47.7 Å². The van der Waals surface area contributed by atoms with Crippen molar-refractivity contribution < 1.29 is 19.4 Å². The van der Waals surface area contributed by atoms with Crippen LogP contribution in [-0.2, 0) is 16.0 Å². The number of aryl methyl sites for hydroxylation is 2. The highest BCUT2D eigenvalue weighted by Gasteiger charge is 2.06. The number of ether oxygens (including phenoxy) is 2. The maximum atomic E-state index is 10.7. The van der Waals surface area contributed by atoms with Crippen LogP contribution in [0.5, 0.6) is 5.75 Å². The second-order valence-corrected chi connectivity index (χ2v) is 5.41. The van der Waals surface area contributed by atoms with Crippen LogP contribution in [0.15, 0.2) is 42.5 Å². The zero-order valence-electron chi connectivity index (χ0n) is 13.5. The first-order valence-corrected chi connectivity index (χ1v) is 7.63. The van der Waals surface area contributed by atoms with E-state index in [-0.39, 0.29) is 6.42 Å². The number of benzene rings is 2. The number of carboxylic acid groups (broad SMARTS) is 1. The Balaban J connectivity index is 2.14. The van der Waals surface area contributed by atoms with E-state index >= 15 is 0 Å². The van der Waals surface area contributed by atoms with Crippen LogP contribution >= 0.6 is 0 Å². The molecule has 0 amide bonds. The van der Waals surface area contributed by atoms with E-state index in [2.05, 4.69) is 6.07 Å². The fourth-order valence-corrected chi connectivity index (χ4v) is 2.45. The highest BCUT2D eigenvalue weighted by Crippen LogP contribution is 2.27. The molecule has 0 aliphatic heterocycles. The summed E-state index contributed by atoms with van der Waals surface area (Å²) in [5.74, 6) is 0.0431. The number of rotatable bonds is 8. The normalized spacial score (nSPS) is 10.5. The lowest BCUT2D eigenvalue weighted by Crippen LogP contribution is -2.04. The molecule has 2 aromatic carbocycles. The van der Waals surface area contributed by atoms with Crippen LogP contribution in [0.3, 0.4) is 0 Å². The average Bonchev–Trinajstić information content (AvgIpc) is 2.53. The van der Waals surface area contributed by atoms with Gasteiger partial charge in [0.15, 0.2) is 0 Å². The standard InChI is InChI=1S/C19H22O4/c1-14-12-15(7-9-19(20)21)6-8-18(14)16-4-3-5-17(13-16)23-11-10-22-2/h3-6,8,12-13H,7,9-11H2,1-2H3,(H,20,21). The molecule has 0 unspecified atom stereocenters. The van der Waals surface area contributed by atoms with Gasteiger partial charge in [-0.1, -0.05) is 30.3 Å². The number of methoxy groups -OCH3 is 1. The summed E-state index contributed by atoms with van der Waals surface area (Å²) in [5, 5.41) is 8.77. The lowest BCUT2D eigenvalue weighted by atomic mass is 9.97. The Labute approximate surface area is 136 Å². The summed E-state index contributed by atoms with van der Waals surface area (Å²) in [4.78, 5) is 10.7. The zero-order valence-corrected chi connectivity index (χ0v) is 13.5. The maximum Gasteiger partial charge on any atom is 0.303 e. The van der Waals surface area contributed by atoms with Crippen molar-refractivity contribution in [2.24, 2.45) is 0 Å². The fourth-order valence-electron chi connectivity index (χ4n) is 2.45. The Hall–Kier alpha value is -2.33. The molecule has 0 aromatic heterocycles. The van der Waals surface area contributed by atoms with Gasteiger partial charge in [-0.25, -0.2) is 0 Å². The summed E-state index contributed by atoms with van der Waals surface area (Å²) in [5.41, 5.74) is 4.38. The van der Waals surface area contributed by atoms with Gasteiger partial charge in [0, 0.05) is 13.5 Å². The molecular weight excluding hydrogens is 292 g/mol. The topological polar surface area (TPSA) is 55.8 Å². The van der Waals surface area contributed by atoms with Crippen molar-refractivity contribution in [2.75, 3.05) is 20.3 Å². The summed E-state index contributed by atoms with van der Waals surface area (Å²) >= 11 is 0. The van der Waals surface area contributed by atoms with E-state index in [4.69, 9.17) is 14.6 Å². The molecule has 23 heavy (non-hydrogen) atoms. The fraction of sp³-hybridized carbons (Fsp3) is 0.316. The van der Waals surface area contributed by atoms with Crippen molar-refractivity contribution in [1.29, 1.82) is 0 Å². The Morgan fingerprint density at radius 2 is 1.96 bits per heavy atom. The van der Waals surface area contributed by atoms with Gasteiger partial charge < -0.3 is 14.6 Å². The number of hydrogen-bond acceptors (Lipinski definition) is 3. The minimum absolute atomic E-state index is 0.154. The Morgan fingerprint density at radius 3 is 2.65 bits per heavy atom. The van der Waals surface area contributed by atoms with Crippen LogP contribution in [0.25, 0.3) is 11.1 Å². The van der Waals surface area contributed by atoms with Gasteiger partial charge in [0.05, 0.1) is 6.61 Å². The van der Waals surface area contributed by atoms with Gasteiger partial charge in [0.2, 0.25) is 0 Å². The molecule has 122 valence electrons. The second kappa shape index (κ2) is 8.34. The molecule has 2 rings (SSSR count). The lowest BCUT2D eigenvalue weighted by molar-refractivity contribution is -0.136. The van der Waals surface area contributed by atoms with Crippen molar-refractivity contribution >= 4 is 5.97 Å². The predicted molar refractivity (Wildman–Crippen MR) is 89.9 cm³/mol. The number of hydrogen-bond donors (Lipinski definition) is 1. The number of carbonyl (C=O) groups is 1. The average molecular weight is 314 g/mol. The predicted octanol–water partition coefficient (Wildman–Crippen LogP) is 3.70. The minimum atomic E-state index is -0.771. The lowest BCUT2D eigenvalue weighted by Gasteiger charge is -2.11. The van der Waals surface area contributed by atoms with Gasteiger partial charge in [-0.2, -0.15) is 0 Å². The number of carboxylic acids is 1. The third-order valence-electron chi connectivity index (χ3n) is 3.62. The highest BCUT2D eigenvalue weighted by molar-refractivity contribution is 5.70. The molecular formula is C19H22O4. The smallest absolute Gasteiger partial charge is 0.303 e. The largest absolute Gasteiger partial charge is 0.491 e. The molecule has 0 aliphatic rings. The van der Waals surface area contributed by atoms with Gasteiger partial charge >= 0.3 is 5.97 Å². The first-order valence-electron chi connectivity index (χ1n) is 7.63. The van der Waals surface area contributed by atoms with Crippen molar-refractivity contribution in [3.63, 3.8) is 0 Å². The molecule has 1 N–H and O–H groups in total. The van der Waals surface area contributed by atoms with Crippen LogP contribution in [-0.4, -0.2) is 31.4 Å².